The molecule has 1 aromatic heterocycles. The molecule has 1 aromatic rings. The van der Waals surface area contributed by atoms with Gasteiger partial charge < -0.3 is 5.32 Å². The SMILES string of the molecule is CCCNC(Cc1ccncc1)CC1CCS(=O)(=O)C1. The van der Waals surface area contributed by atoms with Gasteiger partial charge in [0, 0.05) is 18.4 Å². The van der Waals surface area contributed by atoms with Crippen LogP contribution in [0.3, 0.4) is 0 Å². The molecule has 1 fully saturated rings. The maximum absolute atomic E-state index is 11.6. The number of nitrogens with zero attached hydrogens (tertiary/aromatic N) is 1. The van der Waals surface area contributed by atoms with Crippen molar-refractivity contribution in [1.82, 2.24) is 10.3 Å². The number of hydrogen-bond acceptors (Lipinski definition) is 4. The van der Waals surface area contributed by atoms with Gasteiger partial charge in [-0.1, -0.05) is 6.92 Å². The van der Waals surface area contributed by atoms with E-state index in [2.05, 4.69) is 17.2 Å². The molecule has 2 rings (SSSR count). The van der Waals surface area contributed by atoms with Gasteiger partial charge in [0.2, 0.25) is 0 Å². The molecule has 112 valence electrons. The number of nitrogens with one attached hydrogen (secondary N) is 1. The number of rotatable bonds is 7. The molecule has 1 aliphatic heterocycles. The molecule has 5 heteroatoms. The van der Waals surface area contributed by atoms with Crippen LogP contribution in [0.5, 0.6) is 0 Å². The Kier molecular flexibility index (Phi) is 5.54. The van der Waals surface area contributed by atoms with Gasteiger partial charge in [-0.15, -0.1) is 0 Å². The van der Waals surface area contributed by atoms with E-state index in [0.717, 1.165) is 32.2 Å². The molecule has 0 aromatic carbocycles. The number of hydrogen-bond donors (Lipinski definition) is 1. The van der Waals surface area contributed by atoms with Crippen molar-refractivity contribution in [2.75, 3.05) is 18.1 Å². The van der Waals surface area contributed by atoms with E-state index in [1.54, 1.807) is 0 Å². The van der Waals surface area contributed by atoms with Crippen LogP contribution in [0.4, 0.5) is 0 Å². The summed E-state index contributed by atoms with van der Waals surface area (Å²) in [7, 11) is -2.77. The van der Waals surface area contributed by atoms with Crippen LogP contribution in [0.2, 0.25) is 0 Å². The first kappa shape index (κ1) is 15.4. The third-order valence-corrected chi connectivity index (χ3v) is 5.70. The van der Waals surface area contributed by atoms with Crippen LogP contribution >= 0.6 is 0 Å². The molecule has 0 amide bonds. The Morgan fingerprint density at radius 1 is 1.40 bits per heavy atom. The minimum atomic E-state index is -2.77. The van der Waals surface area contributed by atoms with Gasteiger partial charge in [0.05, 0.1) is 11.5 Å². The highest BCUT2D eigenvalue weighted by molar-refractivity contribution is 7.91. The summed E-state index contributed by atoms with van der Waals surface area (Å²) in [4.78, 5) is 4.04. The van der Waals surface area contributed by atoms with Crippen molar-refractivity contribution in [3.63, 3.8) is 0 Å². The average Bonchev–Trinajstić information content (AvgIpc) is 2.76. The Bertz CT molecular complexity index is 502. The Morgan fingerprint density at radius 3 is 2.75 bits per heavy atom. The number of aromatic nitrogens is 1. The lowest BCUT2D eigenvalue weighted by Crippen LogP contribution is -2.34. The van der Waals surface area contributed by atoms with E-state index in [-0.39, 0.29) is 0 Å². The summed E-state index contributed by atoms with van der Waals surface area (Å²) in [5.74, 6) is 1.05. The van der Waals surface area contributed by atoms with E-state index in [9.17, 15) is 8.42 Å². The summed E-state index contributed by atoms with van der Waals surface area (Å²) >= 11 is 0. The molecule has 0 spiro atoms. The molecule has 0 aliphatic carbocycles. The first-order valence-corrected chi connectivity index (χ1v) is 9.24. The largest absolute Gasteiger partial charge is 0.314 e. The summed E-state index contributed by atoms with van der Waals surface area (Å²) in [6.45, 7) is 3.13. The van der Waals surface area contributed by atoms with E-state index in [0.29, 0.717) is 23.5 Å². The smallest absolute Gasteiger partial charge is 0.150 e. The standard InChI is InChI=1S/C15H24N2O2S/c1-2-6-17-15(10-13-3-7-16-8-4-13)11-14-5-9-20(18,19)12-14/h3-4,7-8,14-15,17H,2,5-6,9-12H2,1H3. The molecule has 0 radical (unpaired) electrons. The third kappa shape index (κ3) is 4.87. The zero-order chi connectivity index (χ0) is 14.4. The van der Waals surface area contributed by atoms with Gasteiger partial charge in [0.15, 0.2) is 9.84 Å². The second-order valence-corrected chi connectivity index (χ2v) is 7.94. The Hall–Kier alpha value is -0.940. The van der Waals surface area contributed by atoms with Crippen molar-refractivity contribution >= 4 is 9.84 Å². The van der Waals surface area contributed by atoms with Gasteiger partial charge in [0.25, 0.3) is 0 Å². The molecule has 2 atom stereocenters. The van der Waals surface area contributed by atoms with Crippen molar-refractivity contribution in [2.45, 2.75) is 38.6 Å². The monoisotopic (exact) mass is 296 g/mol. The summed E-state index contributed by atoms with van der Waals surface area (Å²) in [5.41, 5.74) is 1.26. The van der Waals surface area contributed by atoms with Gasteiger partial charge in [-0.05, 0) is 55.8 Å². The minimum Gasteiger partial charge on any atom is -0.314 e. The van der Waals surface area contributed by atoms with Crippen molar-refractivity contribution in [1.29, 1.82) is 0 Å². The topological polar surface area (TPSA) is 59.1 Å². The predicted molar refractivity (Wildman–Crippen MR) is 81.4 cm³/mol. The first-order chi connectivity index (χ1) is 9.59. The van der Waals surface area contributed by atoms with E-state index in [4.69, 9.17) is 0 Å². The summed E-state index contributed by atoms with van der Waals surface area (Å²) in [6, 6.07) is 4.42. The quantitative estimate of drug-likeness (QED) is 0.834. The maximum atomic E-state index is 11.6. The van der Waals surface area contributed by atoms with Crippen LogP contribution in [-0.4, -0.2) is 37.5 Å². The van der Waals surface area contributed by atoms with Crippen molar-refractivity contribution in [3.05, 3.63) is 30.1 Å². The third-order valence-electron chi connectivity index (χ3n) is 3.86. The van der Waals surface area contributed by atoms with Crippen LogP contribution in [0, 0.1) is 5.92 Å². The molecule has 1 aliphatic rings. The molecule has 20 heavy (non-hydrogen) atoms. The fourth-order valence-corrected chi connectivity index (χ4v) is 4.73. The highest BCUT2D eigenvalue weighted by atomic mass is 32.2. The summed E-state index contributed by atoms with van der Waals surface area (Å²) < 4.78 is 23.1. The molecular formula is C15H24N2O2S. The van der Waals surface area contributed by atoms with Gasteiger partial charge in [0.1, 0.15) is 0 Å². The zero-order valence-corrected chi connectivity index (χ0v) is 12.9. The van der Waals surface area contributed by atoms with Gasteiger partial charge >= 0.3 is 0 Å². The van der Waals surface area contributed by atoms with Crippen LogP contribution in [0.1, 0.15) is 31.7 Å². The lowest BCUT2D eigenvalue weighted by molar-refractivity contribution is 0.402. The van der Waals surface area contributed by atoms with Crippen molar-refractivity contribution in [2.24, 2.45) is 5.92 Å². The average molecular weight is 296 g/mol. The number of pyridine rings is 1. The maximum Gasteiger partial charge on any atom is 0.150 e. The van der Waals surface area contributed by atoms with Crippen molar-refractivity contribution < 1.29 is 8.42 Å². The van der Waals surface area contributed by atoms with Gasteiger partial charge in [-0.25, -0.2) is 8.42 Å². The second-order valence-electron chi connectivity index (χ2n) is 5.72. The summed E-state index contributed by atoms with van der Waals surface area (Å²) in [5, 5.41) is 3.56. The molecule has 1 N–H and O–H groups in total. The number of sulfone groups is 1. The minimum absolute atomic E-state index is 0.316. The van der Waals surface area contributed by atoms with Crippen LogP contribution in [-0.2, 0) is 16.3 Å². The lowest BCUT2D eigenvalue weighted by atomic mass is 9.95. The normalized spacial score (nSPS) is 22.8. The molecular weight excluding hydrogens is 272 g/mol. The molecule has 0 saturated carbocycles. The highest BCUT2D eigenvalue weighted by Crippen LogP contribution is 2.24. The van der Waals surface area contributed by atoms with E-state index < -0.39 is 9.84 Å². The molecule has 2 unspecified atom stereocenters. The first-order valence-electron chi connectivity index (χ1n) is 7.42. The summed E-state index contributed by atoms with van der Waals surface area (Å²) in [6.07, 6.45) is 7.43. The van der Waals surface area contributed by atoms with Crippen LogP contribution in [0.25, 0.3) is 0 Å². The van der Waals surface area contributed by atoms with Crippen LogP contribution < -0.4 is 5.32 Å². The Labute approximate surface area is 121 Å². The molecule has 4 nitrogen and oxygen atoms in total. The van der Waals surface area contributed by atoms with E-state index in [1.807, 2.05) is 24.5 Å². The predicted octanol–water partition coefficient (Wildman–Crippen LogP) is 1.82. The Balaban J connectivity index is 1.93. The van der Waals surface area contributed by atoms with Gasteiger partial charge in [-0.3, -0.25) is 4.98 Å². The highest BCUT2D eigenvalue weighted by Gasteiger charge is 2.29. The molecule has 2 heterocycles. The van der Waals surface area contributed by atoms with E-state index in [1.165, 1.54) is 5.56 Å². The molecule has 1 saturated heterocycles. The fraction of sp³-hybridized carbons (Fsp3) is 0.667. The second kappa shape index (κ2) is 7.18. The Morgan fingerprint density at radius 2 is 2.15 bits per heavy atom. The molecule has 0 bridgehead atoms. The van der Waals surface area contributed by atoms with Crippen LogP contribution in [0.15, 0.2) is 24.5 Å². The lowest BCUT2D eigenvalue weighted by Gasteiger charge is -2.21. The zero-order valence-electron chi connectivity index (χ0n) is 12.1. The van der Waals surface area contributed by atoms with Gasteiger partial charge in [-0.2, -0.15) is 0 Å². The van der Waals surface area contributed by atoms with Crippen molar-refractivity contribution in [3.8, 4) is 0 Å². The fourth-order valence-electron chi connectivity index (χ4n) is 2.85. The van der Waals surface area contributed by atoms with E-state index >= 15 is 0 Å².